The molecule has 0 unspecified atom stereocenters. The molecule has 0 aliphatic rings. The summed E-state index contributed by atoms with van der Waals surface area (Å²) in [6.45, 7) is 15.0. The molecule has 0 bridgehead atoms. The van der Waals surface area contributed by atoms with Crippen molar-refractivity contribution in [2.45, 2.75) is 71.3 Å². The molecule has 1 rings (SSSR count). The van der Waals surface area contributed by atoms with E-state index in [0.717, 1.165) is 5.56 Å². The highest BCUT2D eigenvalue weighted by Crippen LogP contribution is 2.39. The fourth-order valence-corrected chi connectivity index (χ4v) is 3.42. The molecule has 0 heterocycles. The second kappa shape index (κ2) is 5.29. The summed E-state index contributed by atoms with van der Waals surface area (Å²) in [4.78, 5) is -0.0418. The predicted molar refractivity (Wildman–Crippen MR) is 84.8 cm³/mol. The zero-order valence-corrected chi connectivity index (χ0v) is 15.0. The summed E-state index contributed by atoms with van der Waals surface area (Å²) in [5.41, 5.74) is 1.06. The van der Waals surface area contributed by atoms with Gasteiger partial charge in [0.05, 0.1) is 0 Å². The van der Waals surface area contributed by atoms with Crippen molar-refractivity contribution in [1.29, 1.82) is 0 Å². The molecular formula is C16H26O4S. The van der Waals surface area contributed by atoms with E-state index < -0.39 is 21.1 Å². The Hall–Kier alpha value is -1.07. The van der Waals surface area contributed by atoms with Crippen LogP contribution in [0, 0.1) is 13.8 Å². The van der Waals surface area contributed by atoms with Crippen LogP contribution in [0.3, 0.4) is 0 Å². The standard InChI is InChI=1S/C16H26O4S/c1-10-9-12(15(3,4)5)14(21(17,18)19)11(2)13(10)20-16(6,7)8/h9H,1-8H3,(H,17,18,19). The summed E-state index contributed by atoms with van der Waals surface area (Å²) >= 11 is 0. The third-order valence-electron chi connectivity index (χ3n) is 3.12. The summed E-state index contributed by atoms with van der Waals surface area (Å²) in [7, 11) is -4.32. The van der Waals surface area contributed by atoms with Crippen LogP contribution in [-0.4, -0.2) is 18.6 Å². The van der Waals surface area contributed by atoms with Gasteiger partial charge in [0, 0.05) is 5.56 Å². The first-order valence-electron chi connectivity index (χ1n) is 6.96. The van der Waals surface area contributed by atoms with Crippen LogP contribution in [0.4, 0.5) is 0 Å². The molecule has 0 aliphatic carbocycles. The van der Waals surface area contributed by atoms with E-state index in [1.54, 1.807) is 13.0 Å². The van der Waals surface area contributed by atoms with Crippen molar-refractivity contribution in [2.24, 2.45) is 0 Å². The normalized spacial score (nSPS) is 13.4. The lowest BCUT2D eigenvalue weighted by Crippen LogP contribution is -2.25. The van der Waals surface area contributed by atoms with Crippen LogP contribution >= 0.6 is 0 Å². The Kier molecular flexibility index (Phi) is 4.53. The number of ether oxygens (including phenoxy) is 1. The number of benzene rings is 1. The van der Waals surface area contributed by atoms with Crippen LogP contribution < -0.4 is 4.74 Å². The van der Waals surface area contributed by atoms with E-state index in [-0.39, 0.29) is 4.90 Å². The van der Waals surface area contributed by atoms with Crippen LogP contribution in [-0.2, 0) is 15.5 Å². The molecule has 0 spiro atoms. The topological polar surface area (TPSA) is 63.6 Å². The molecule has 1 aromatic carbocycles. The maximum absolute atomic E-state index is 11.9. The largest absolute Gasteiger partial charge is 0.488 e. The molecule has 0 atom stereocenters. The van der Waals surface area contributed by atoms with Crippen molar-refractivity contribution >= 4 is 10.1 Å². The Morgan fingerprint density at radius 3 is 1.86 bits per heavy atom. The van der Waals surface area contributed by atoms with E-state index in [2.05, 4.69) is 0 Å². The minimum atomic E-state index is -4.32. The van der Waals surface area contributed by atoms with Crippen molar-refractivity contribution in [3.8, 4) is 5.75 Å². The summed E-state index contributed by atoms with van der Waals surface area (Å²) in [5.74, 6) is 0.517. The third kappa shape index (κ3) is 4.20. The van der Waals surface area contributed by atoms with Crippen molar-refractivity contribution in [3.63, 3.8) is 0 Å². The molecular weight excluding hydrogens is 288 g/mol. The highest BCUT2D eigenvalue weighted by molar-refractivity contribution is 7.86. The summed E-state index contributed by atoms with van der Waals surface area (Å²) in [6, 6.07) is 1.79. The maximum Gasteiger partial charge on any atom is 0.295 e. The maximum atomic E-state index is 11.9. The van der Waals surface area contributed by atoms with Crippen LogP contribution in [0.25, 0.3) is 0 Å². The first-order valence-corrected chi connectivity index (χ1v) is 8.40. The smallest absolute Gasteiger partial charge is 0.295 e. The van der Waals surface area contributed by atoms with Crippen LogP contribution in [0.15, 0.2) is 11.0 Å². The summed E-state index contributed by atoms with van der Waals surface area (Å²) in [5, 5.41) is 0. The minimum absolute atomic E-state index is 0.0418. The van der Waals surface area contributed by atoms with Gasteiger partial charge in [0.15, 0.2) is 0 Å². The van der Waals surface area contributed by atoms with Crippen molar-refractivity contribution in [3.05, 3.63) is 22.8 Å². The molecule has 0 radical (unpaired) electrons. The molecule has 4 nitrogen and oxygen atoms in total. The van der Waals surface area contributed by atoms with E-state index in [1.165, 1.54) is 0 Å². The number of hydrogen-bond donors (Lipinski definition) is 1. The molecule has 0 saturated carbocycles. The van der Waals surface area contributed by atoms with Crippen molar-refractivity contribution < 1.29 is 17.7 Å². The number of aryl methyl sites for hydroxylation is 1. The lowest BCUT2D eigenvalue weighted by atomic mass is 9.84. The molecule has 0 fully saturated rings. The highest BCUT2D eigenvalue weighted by Gasteiger charge is 2.30. The van der Waals surface area contributed by atoms with Gasteiger partial charge in [0.1, 0.15) is 16.2 Å². The summed E-state index contributed by atoms with van der Waals surface area (Å²) in [6.07, 6.45) is 0. The SMILES string of the molecule is Cc1cc(C(C)(C)C)c(S(=O)(=O)O)c(C)c1OC(C)(C)C. The van der Waals surface area contributed by atoms with Gasteiger partial charge in [-0.15, -0.1) is 0 Å². The van der Waals surface area contributed by atoms with Crippen LogP contribution in [0.5, 0.6) is 5.75 Å². The van der Waals surface area contributed by atoms with E-state index in [9.17, 15) is 13.0 Å². The fourth-order valence-electron chi connectivity index (χ4n) is 2.30. The molecule has 0 amide bonds. The zero-order chi connectivity index (χ0) is 16.8. The van der Waals surface area contributed by atoms with E-state index in [0.29, 0.717) is 16.9 Å². The minimum Gasteiger partial charge on any atom is -0.488 e. The van der Waals surface area contributed by atoms with Gasteiger partial charge < -0.3 is 4.74 Å². The molecule has 1 aromatic rings. The molecule has 120 valence electrons. The van der Waals surface area contributed by atoms with Gasteiger partial charge in [0.2, 0.25) is 0 Å². The van der Waals surface area contributed by atoms with Gasteiger partial charge in [-0.25, -0.2) is 0 Å². The molecule has 21 heavy (non-hydrogen) atoms. The second-order valence-corrected chi connectivity index (χ2v) is 8.82. The van der Waals surface area contributed by atoms with Crippen LogP contribution in [0.2, 0.25) is 0 Å². The molecule has 5 heteroatoms. The summed E-state index contributed by atoms with van der Waals surface area (Å²) < 4.78 is 39.2. The third-order valence-corrected chi connectivity index (χ3v) is 4.16. The molecule has 0 saturated heterocycles. The Balaban J connectivity index is 3.78. The Bertz CT molecular complexity index is 644. The van der Waals surface area contributed by atoms with Gasteiger partial charge >= 0.3 is 0 Å². The Labute approximate surface area is 128 Å². The van der Waals surface area contributed by atoms with Crippen molar-refractivity contribution in [1.82, 2.24) is 0 Å². The Morgan fingerprint density at radius 1 is 1.05 bits per heavy atom. The number of rotatable bonds is 2. The molecule has 1 N–H and O–H groups in total. The van der Waals surface area contributed by atoms with Gasteiger partial charge in [-0.1, -0.05) is 26.8 Å². The average molecular weight is 314 g/mol. The zero-order valence-electron chi connectivity index (χ0n) is 14.2. The molecule has 0 aliphatic heterocycles. The Morgan fingerprint density at radius 2 is 1.52 bits per heavy atom. The fraction of sp³-hybridized carbons (Fsp3) is 0.625. The van der Waals surface area contributed by atoms with Gasteiger partial charge in [0.25, 0.3) is 10.1 Å². The van der Waals surface area contributed by atoms with E-state index in [4.69, 9.17) is 4.74 Å². The molecule has 0 aromatic heterocycles. The lowest BCUT2D eigenvalue weighted by Gasteiger charge is -2.29. The predicted octanol–water partition coefficient (Wildman–Crippen LogP) is 4.02. The van der Waals surface area contributed by atoms with Gasteiger partial charge in [-0.2, -0.15) is 8.42 Å². The monoisotopic (exact) mass is 314 g/mol. The average Bonchev–Trinajstić information content (AvgIpc) is 2.18. The quantitative estimate of drug-likeness (QED) is 0.837. The lowest BCUT2D eigenvalue weighted by molar-refractivity contribution is 0.128. The highest BCUT2D eigenvalue weighted by atomic mass is 32.2. The van der Waals surface area contributed by atoms with Gasteiger partial charge in [-0.05, 0) is 51.2 Å². The second-order valence-electron chi connectivity index (χ2n) is 7.46. The number of hydrogen-bond acceptors (Lipinski definition) is 3. The van der Waals surface area contributed by atoms with E-state index >= 15 is 0 Å². The van der Waals surface area contributed by atoms with Crippen LogP contribution in [0.1, 0.15) is 58.2 Å². The first kappa shape index (κ1) is 18.0. The van der Waals surface area contributed by atoms with Gasteiger partial charge in [-0.3, -0.25) is 4.55 Å². The van der Waals surface area contributed by atoms with Crippen molar-refractivity contribution in [2.75, 3.05) is 0 Å². The first-order chi connectivity index (χ1) is 9.14. The van der Waals surface area contributed by atoms with E-state index in [1.807, 2.05) is 48.5 Å².